The molecule has 2 fully saturated rings. The van der Waals surface area contributed by atoms with Gasteiger partial charge in [0.1, 0.15) is 0 Å². The summed E-state index contributed by atoms with van der Waals surface area (Å²) in [5, 5.41) is 4.80. The van der Waals surface area contributed by atoms with Crippen LogP contribution in [0.5, 0.6) is 0 Å². The number of aromatic nitrogens is 2. The van der Waals surface area contributed by atoms with Gasteiger partial charge in [0.05, 0.1) is 6.54 Å². The van der Waals surface area contributed by atoms with Gasteiger partial charge >= 0.3 is 0 Å². The first-order valence-corrected chi connectivity index (χ1v) is 7.98. The molecule has 2 aliphatic rings. The lowest BCUT2D eigenvalue weighted by Gasteiger charge is -2.22. The van der Waals surface area contributed by atoms with E-state index >= 15 is 0 Å². The van der Waals surface area contributed by atoms with Crippen molar-refractivity contribution in [1.29, 1.82) is 0 Å². The van der Waals surface area contributed by atoms with E-state index < -0.39 is 0 Å². The Hall–Kier alpha value is -1.39. The number of rotatable bonds is 3. The Morgan fingerprint density at radius 3 is 2.90 bits per heavy atom. The van der Waals surface area contributed by atoms with Gasteiger partial charge in [0.25, 0.3) is 0 Å². The zero-order valence-corrected chi connectivity index (χ0v) is 12.6. The lowest BCUT2D eigenvalue weighted by Crippen LogP contribution is -2.28. The minimum atomic E-state index is 0.642. The van der Waals surface area contributed by atoms with Gasteiger partial charge in [-0.2, -0.15) is 4.98 Å². The van der Waals surface area contributed by atoms with E-state index in [1.54, 1.807) is 0 Å². The van der Waals surface area contributed by atoms with Crippen LogP contribution in [0.4, 0.5) is 0 Å². The van der Waals surface area contributed by atoms with Crippen LogP contribution in [0, 0.1) is 5.92 Å². The van der Waals surface area contributed by atoms with Crippen LogP contribution in [0.3, 0.4) is 0 Å². The fraction of sp³-hybridized carbons (Fsp3) is 0.500. The number of nitrogens with zero attached hydrogens (tertiary/aromatic N) is 3. The molecule has 0 N–H and O–H groups in total. The molecule has 1 aromatic heterocycles. The van der Waals surface area contributed by atoms with Crippen molar-refractivity contribution in [3.63, 3.8) is 0 Å². The standard InChI is InChI=1S/C16H18ClN3O/c17-13-6-4-12(5-7-13)16-18-15(21-19-16)10-20-9-11-2-1-3-14(20)8-11/h4-7,11,14H,1-3,8-10H2/t11-,14+/m1/s1. The lowest BCUT2D eigenvalue weighted by molar-refractivity contribution is 0.205. The van der Waals surface area contributed by atoms with Crippen molar-refractivity contribution in [2.24, 2.45) is 5.92 Å². The van der Waals surface area contributed by atoms with Gasteiger partial charge in [0, 0.05) is 23.2 Å². The maximum Gasteiger partial charge on any atom is 0.241 e. The van der Waals surface area contributed by atoms with E-state index in [9.17, 15) is 0 Å². The van der Waals surface area contributed by atoms with Crippen LogP contribution < -0.4 is 0 Å². The number of hydrogen-bond acceptors (Lipinski definition) is 4. The number of hydrogen-bond donors (Lipinski definition) is 0. The molecule has 1 aliphatic carbocycles. The molecule has 4 nitrogen and oxygen atoms in total. The zero-order chi connectivity index (χ0) is 14.2. The van der Waals surface area contributed by atoms with Gasteiger partial charge in [-0.3, -0.25) is 4.90 Å². The Balaban J connectivity index is 1.48. The van der Waals surface area contributed by atoms with Crippen LogP contribution in [-0.2, 0) is 6.54 Å². The van der Waals surface area contributed by atoms with Crippen LogP contribution in [-0.4, -0.2) is 27.6 Å². The predicted octanol–water partition coefficient (Wildman–Crippen LogP) is 3.76. The second-order valence-electron chi connectivity index (χ2n) is 6.13. The van der Waals surface area contributed by atoms with Crippen molar-refractivity contribution < 1.29 is 4.52 Å². The Morgan fingerprint density at radius 2 is 2.10 bits per heavy atom. The molecule has 2 heterocycles. The molecule has 1 saturated heterocycles. The Bertz CT molecular complexity index is 625. The molecular formula is C16H18ClN3O. The van der Waals surface area contributed by atoms with Crippen molar-refractivity contribution >= 4 is 11.6 Å². The molecule has 0 spiro atoms. The van der Waals surface area contributed by atoms with Gasteiger partial charge in [0.15, 0.2) is 0 Å². The van der Waals surface area contributed by atoms with E-state index in [2.05, 4.69) is 15.0 Å². The number of likely N-dealkylation sites (tertiary alicyclic amines) is 1. The molecule has 1 aliphatic heterocycles. The van der Waals surface area contributed by atoms with E-state index in [-0.39, 0.29) is 0 Å². The molecule has 1 aromatic carbocycles. The van der Waals surface area contributed by atoms with Crippen LogP contribution in [0.25, 0.3) is 11.4 Å². The third-order valence-corrected chi connectivity index (χ3v) is 4.93. The highest BCUT2D eigenvalue weighted by Crippen LogP contribution is 2.36. The molecule has 0 radical (unpaired) electrons. The molecule has 2 bridgehead atoms. The highest BCUT2D eigenvalue weighted by molar-refractivity contribution is 6.30. The minimum absolute atomic E-state index is 0.642. The maximum atomic E-state index is 5.90. The monoisotopic (exact) mass is 303 g/mol. The van der Waals surface area contributed by atoms with Crippen molar-refractivity contribution in [2.45, 2.75) is 38.3 Å². The number of benzene rings is 1. The second kappa shape index (κ2) is 5.43. The first kappa shape index (κ1) is 13.3. The molecule has 4 rings (SSSR count). The summed E-state index contributed by atoms with van der Waals surface area (Å²) in [5.74, 6) is 2.23. The van der Waals surface area contributed by atoms with Gasteiger partial charge in [-0.1, -0.05) is 23.2 Å². The summed E-state index contributed by atoms with van der Waals surface area (Å²) in [7, 11) is 0. The largest absolute Gasteiger partial charge is 0.338 e. The SMILES string of the molecule is Clc1ccc(-c2noc(CN3C[C@@H]4CCC[C@H]3C4)n2)cc1. The Kier molecular flexibility index (Phi) is 3.43. The molecule has 21 heavy (non-hydrogen) atoms. The minimum Gasteiger partial charge on any atom is -0.338 e. The molecule has 0 unspecified atom stereocenters. The van der Waals surface area contributed by atoms with Crippen molar-refractivity contribution in [3.8, 4) is 11.4 Å². The van der Waals surface area contributed by atoms with E-state index in [4.69, 9.17) is 16.1 Å². The highest BCUT2D eigenvalue weighted by atomic mass is 35.5. The van der Waals surface area contributed by atoms with Crippen LogP contribution in [0.2, 0.25) is 5.02 Å². The quantitative estimate of drug-likeness (QED) is 0.865. The van der Waals surface area contributed by atoms with Crippen molar-refractivity contribution in [1.82, 2.24) is 15.0 Å². The third kappa shape index (κ3) is 2.70. The van der Waals surface area contributed by atoms with Gasteiger partial charge in [-0.25, -0.2) is 0 Å². The van der Waals surface area contributed by atoms with Crippen LogP contribution in [0.1, 0.15) is 31.6 Å². The molecule has 5 heteroatoms. The fourth-order valence-electron chi connectivity index (χ4n) is 3.64. The van der Waals surface area contributed by atoms with Gasteiger partial charge in [-0.15, -0.1) is 0 Å². The van der Waals surface area contributed by atoms with Gasteiger partial charge in [0.2, 0.25) is 11.7 Å². The highest BCUT2D eigenvalue weighted by Gasteiger charge is 2.35. The van der Waals surface area contributed by atoms with Crippen LogP contribution >= 0.6 is 11.6 Å². The molecule has 0 amide bonds. The Labute approximate surface area is 129 Å². The zero-order valence-electron chi connectivity index (χ0n) is 11.8. The second-order valence-corrected chi connectivity index (χ2v) is 6.57. The fourth-order valence-corrected chi connectivity index (χ4v) is 3.77. The van der Waals surface area contributed by atoms with E-state index in [0.29, 0.717) is 16.7 Å². The number of halogens is 1. The van der Waals surface area contributed by atoms with Crippen LogP contribution in [0.15, 0.2) is 28.8 Å². The average Bonchev–Trinajstić information content (AvgIpc) is 3.06. The van der Waals surface area contributed by atoms with Gasteiger partial charge < -0.3 is 4.52 Å². The first-order valence-electron chi connectivity index (χ1n) is 7.60. The summed E-state index contributed by atoms with van der Waals surface area (Å²) in [6.07, 6.45) is 5.41. The summed E-state index contributed by atoms with van der Waals surface area (Å²) in [5.41, 5.74) is 0.939. The Morgan fingerprint density at radius 1 is 1.24 bits per heavy atom. The first-order chi connectivity index (χ1) is 10.3. The molecule has 1 saturated carbocycles. The van der Waals surface area contributed by atoms with Crippen molar-refractivity contribution in [2.75, 3.05) is 6.54 Å². The molecular weight excluding hydrogens is 286 g/mol. The summed E-state index contributed by atoms with van der Waals surface area (Å²) >= 11 is 5.90. The van der Waals surface area contributed by atoms with E-state index in [0.717, 1.165) is 24.1 Å². The van der Waals surface area contributed by atoms with E-state index in [1.165, 1.54) is 32.2 Å². The third-order valence-electron chi connectivity index (χ3n) is 4.67. The average molecular weight is 304 g/mol. The normalized spacial score (nSPS) is 25.4. The lowest BCUT2D eigenvalue weighted by atomic mass is 9.90. The number of fused-ring (bicyclic) bond motifs is 2. The van der Waals surface area contributed by atoms with Crippen molar-refractivity contribution in [3.05, 3.63) is 35.2 Å². The smallest absolute Gasteiger partial charge is 0.241 e. The predicted molar refractivity (Wildman–Crippen MR) is 80.9 cm³/mol. The summed E-state index contributed by atoms with van der Waals surface area (Å²) in [4.78, 5) is 7.04. The maximum absolute atomic E-state index is 5.90. The summed E-state index contributed by atoms with van der Waals surface area (Å²) in [6.45, 7) is 1.96. The summed E-state index contributed by atoms with van der Waals surface area (Å²) in [6, 6.07) is 8.24. The van der Waals surface area contributed by atoms with Gasteiger partial charge in [-0.05, 0) is 49.4 Å². The molecule has 2 aromatic rings. The molecule has 2 atom stereocenters. The van der Waals surface area contributed by atoms with E-state index in [1.807, 2.05) is 24.3 Å². The summed E-state index contributed by atoms with van der Waals surface area (Å²) < 4.78 is 5.42. The molecule has 110 valence electrons. The topological polar surface area (TPSA) is 42.2 Å².